The first-order valence-electron chi connectivity index (χ1n) is 7.26. The smallest absolute Gasteiger partial charge is 0.335 e. The fourth-order valence-corrected chi connectivity index (χ4v) is 1.91. The van der Waals surface area contributed by atoms with Crippen molar-refractivity contribution >= 4 is 11.9 Å². The molecule has 5 heteroatoms. The minimum atomic E-state index is -0.932. The number of unbranched alkanes of at least 4 members (excludes halogenated alkanes) is 1. The first kappa shape index (κ1) is 17.2. The molecule has 1 atom stereocenters. The minimum absolute atomic E-state index is 0.0214. The summed E-state index contributed by atoms with van der Waals surface area (Å²) in [4.78, 5) is 24.7. The van der Waals surface area contributed by atoms with Crippen LogP contribution in [0.25, 0.3) is 0 Å². The molecule has 2 N–H and O–H groups in total. The van der Waals surface area contributed by atoms with E-state index in [1.54, 1.807) is 24.3 Å². The summed E-state index contributed by atoms with van der Waals surface area (Å²) in [6, 6.07) is 6.50. The van der Waals surface area contributed by atoms with Crippen LogP contribution in [0.2, 0.25) is 0 Å². The number of likely N-dealkylation sites (N-methyl/N-ethyl adjacent to an activating group) is 1. The molecule has 21 heavy (non-hydrogen) atoms. The van der Waals surface area contributed by atoms with Crippen LogP contribution in [0.1, 0.15) is 42.6 Å². The lowest BCUT2D eigenvalue weighted by molar-refractivity contribution is -0.125. The predicted octanol–water partition coefficient (Wildman–Crippen LogP) is 2.12. The van der Waals surface area contributed by atoms with E-state index in [1.807, 2.05) is 18.9 Å². The van der Waals surface area contributed by atoms with Gasteiger partial charge in [-0.25, -0.2) is 4.79 Å². The van der Waals surface area contributed by atoms with Crippen molar-refractivity contribution in [2.45, 2.75) is 39.3 Å². The van der Waals surface area contributed by atoms with Gasteiger partial charge in [-0.2, -0.15) is 0 Å². The zero-order chi connectivity index (χ0) is 15.8. The van der Waals surface area contributed by atoms with Gasteiger partial charge in [-0.05, 0) is 38.1 Å². The normalized spacial score (nSPS) is 12.2. The summed E-state index contributed by atoms with van der Waals surface area (Å²) in [6.07, 6.45) is 2.04. The van der Waals surface area contributed by atoms with Gasteiger partial charge in [0.05, 0.1) is 11.6 Å². The number of carbonyl (C=O) groups is 2. The number of aromatic carboxylic acids is 1. The second kappa shape index (κ2) is 8.42. The van der Waals surface area contributed by atoms with Crippen LogP contribution in [-0.4, -0.2) is 41.5 Å². The average molecular weight is 292 g/mol. The van der Waals surface area contributed by atoms with E-state index in [9.17, 15) is 9.59 Å². The molecule has 1 rings (SSSR count). The number of carboxylic acids is 1. The highest BCUT2D eigenvalue weighted by Crippen LogP contribution is 2.09. The van der Waals surface area contributed by atoms with Gasteiger partial charge < -0.3 is 10.4 Å². The van der Waals surface area contributed by atoms with Crippen LogP contribution in [0.3, 0.4) is 0 Å². The molecule has 0 spiro atoms. The number of rotatable bonds is 8. The maximum absolute atomic E-state index is 12.0. The van der Waals surface area contributed by atoms with E-state index in [0.717, 1.165) is 18.4 Å². The van der Waals surface area contributed by atoms with E-state index < -0.39 is 5.97 Å². The average Bonchev–Trinajstić information content (AvgIpc) is 2.47. The van der Waals surface area contributed by atoms with Gasteiger partial charge in [-0.3, -0.25) is 9.69 Å². The van der Waals surface area contributed by atoms with Crippen molar-refractivity contribution in [2.24, 2.45) is 0 Å². The molecule has 1 aromatic rings. The van der Waals surface area contributed by atoms with Gasteiger partial charge in [0.1, 0.15) is 0 Å². The van der Waals surface area contributed by atoms with Gasteiger partial charge in [0.2, 0.25) is 5.91 Å². The third-order valence-corrected chi connectivity index (χ3v) is 3.50. The highest BCUT2D eigenvalue weighted by atomic mass is 16.4. The molecule has 0 aliphatic heterocycles. The van der Waals surface area contributed by atoms with Crippen LogP contribution in [0.4, 0.5) is 0 Å². The topological polar surface area (TPSA) is 69.6 Å². The van der Waals surface area contributed by atoms with Crippen LogP contribution in [0, 0.1) is 0 Å². The number of nitrogens with zero attached hydrogens (tertiary/aromatic N) is 1. The molecule has 1 amide bonds. The van der Waals surface area contributed by atoms with Crippen molar-refractivity contribution in [2.75, 3.05) is 13.6 Å². The Balaban J connectivity index is 2.53. The monoisotopic (exact) mass is 292 g/mol. The molecular weight excluding hydrogens is 268 g/mol. The van der Waals surface area contributed by atoms with Crippen molar-refractivity contribution in [3.05, 3.63) is 35.4 Å². The van der Waals surface area contributed by atoms with Crippen LogP contribution >= 0.6 is 0 Å². The van der Waals surface area contributed by atoms with Crippen LogP contribution in [0.5, 0.6) is 0 Å². The summed E-state index contributed by atoms with van der Waals surface area (Å²) < 4.78 is 0. The molecule has 0 radical (unpaired) electrons. The third kappa shape index (κ3) is 5.55. The zero-order valence-electron chi connectivity index (χ0n) is 12.9. The van der Waals surface area contributed by atoms with Crippen LogP contribution < -0.4 is 5.32 Å². The number of amides is 1. The van der Waals surface area contributed by atoms with Crippen molar-refractivity contribution in [1.29, 1.82) is 0 Å². The Morgan fingerprint density at radius 2 is 1.90 bits per heavy atom. The molecule has 116 valence electrons. The van der Waals surface area contributed by atoms with Crippen molar-refractivity contribution in [3.63, 3.8) is 0 Å². The van der Waals surface area contributed by atoms with E-state index in [4.69, 9.17) is 5.11 Å². The van der Waals surface area contributed by atoms with Crippen molar-refractivity contribution in [1.82, 2.24) is 10.2 Å². The maximum Gasteiger partial charge on any atom is 0.335 e. The molecule has 0 saturated heterocycles. The van der Waals surface area contributed by atoms with Gasteiger partial charge in [0.25, 0.3) is 0 Å². The van der Waals surface area contributed by atoms with Gasteiger partial charge >= 0.3 is 5.97 Å². The standard InChI is InChI=1S/C16H24N2O3/c1-4-5-10-17-15(19)12(2)18(3)11-13-6-8-14(9-7-13)16(20)21/h6-9,12H,4-5,10-11H2,1-3H3,(H,17,19)(H,20,21). The Hall–Kier alpha value is -1.88. The highest BCUT2D eigenvalue weighted by molar-refractivity contribution is 5.87. The van der Waals surface area contributed by atoms with E-state index in [2.05, 4.69) is 12.2 Å². The van der Waals surface area contributed by atoms with Gasteiger partial charge in [0.15, 0.2) is 0 Å². The molecule has 0 fully saturated rings. The summed E-state index contributed by atoms with van der Waals surface area (Å²) in [5.41, 5.74) is 1.25. The maximum atomic E-state index is 12.0. The van der Waals surface area contributed by atoms with Gasteiger partial charge in [-0.15, -0.1) is 0 Å². The Bertz CT molecular complexity index is 471. The second-order valence-electron chi connectivity index (χ2n) is 5.24. The molecule has 5 nitrogen and oxygen atoms in total. The molecule has 0 aliphatic carbocycles. The number of carbonyl (C=O) groups excluding carboxylic acids is 1. The quantitative estimate of drug-likeness (QED) is 0.720. The Kier molecular flexibility index (Phi) is 6.88. The molecular formula is C16H24N2O3. The molecule has 0 bridgehead atoms. The lowest BCUT2D eigenvalue weighted by Gasteiger charge is -2.24. The Morgan fingerprint density at radius 1 is 1.29 bits per heavy atom. The minimum Gasteiger partial charge on any atom is -0.478 e. The molecule has 1 aromatic carbocycles. The van der Waals surface area contributed by atoms with Gasteiger partial charge in [-0.1, -0.05) is 25.5 Å². The predicted molar refractivity (Wildman–Crippen MR) is 82.2 cm³/mol. The first-order chi connectivity index (χ1) is 9.95. The summed E-state index contributed by atoms with van der Waals surface area (Å²) in [5, 5.41) is 11.8. The fourth-order valence-electron chi connectivity index (χ4n) is 1.91. The van der Waals surface area contributed by atoms with Crippen LogP contribution in [0.15, 0.2) is 24.3 Å². The lowest BCUT2D eigenvalue weighted by Crippen LogP contribution is -2.43. The molecule has 1 unspecified atom stereocenters. The Morgan fingerprint density at radius 3 is 2.43 bits per heavy atom. The SMILES string of the molecule is CCCCNC(=O)C(C)N(C)Cc1ccc(C(=O)O)cc1. The van der Waals surface area contributed by atoms with E-state index in [-0.39, 0.29) is 17.5 Å². The second-order valence-corrected chi connectivity index (χ2v) is 5.24. The zero-order valence-corrected chi connectivity index (χ0v) is 12.9. The fraction of sp³-hybridized carbons (Fsp3) is 0.500. The molecule has 0 aromatic heterocycles. The van der Waals surface area contributed by atoms with E-state index >= 15 is 0 Å². The number of benzene rings is 1. The van der Waals surface area contributed by atoms with Crippen molar-refractivity contribution in [3.8, 4) is 0 Å². The third-order valence-electron chi connectivity index (χ3n) is 3.50. The van der Waals surface area contributed by atoms with Crippen LogP contribution in [-0.2, 0) is 11.3 Å². The van der Waals surface area contributed by atoms with E-state index in [1.165, 1.54) is 0 Å². The molecule has 0 heterocycles. The first-order valence-corrected chi connectivity index (χ1v) is 7.26. The number of hydrogen-bond donors (Lipinski definition) is 2. The summed E-state index contributed by atoms with van der Waals surface area (Å²) in [7, 11) is 1.88. The van der Waals surface area contributed by atoms with E-state index in [0.29, 0.717) is 13.1 Å². The number of nitrogens with one attached hydrogen (secondary N) is 1. The largest absolute Gasteiger partial charge is 0.478 e. The van der Waals surface area contributed by atoms with Crippen molar-refractivity contribution < 1.29 is 14.7 Å². The number of carboxylic acid groups (broad SMARTS) is 1. The lowest BCUT2D eigenvalue weighted by atomic mass is 10.1. The van der Waals surface area contributed by atoms with Gasteiger partial charge in [0, 0.05) is 13.1 Å². The summed E-state index contributed by atoms with van der Waals surface area (Å²) in [6.45, 7) is 5.26. The summed E-state index contributed by atoms with van der Waals surface area (Å²) in [5.74, 6) is -0.910. The molecule has 0 aliphatic rings. The Labute approximate surface area is 126 Å². The summed E-state index contributed by atoms with van der Waals surface area (Å²) >= 11 is 0. The highest BCUT2D eigenvalue weighted by Gasteiger charge is 2.17. The molecule has 0 saturated carbocycles. The number of hydrogen-bond acceptors (Lipinski definition) is 3.